The summed E-state index contributed by atoms with van der Waals surface area (Å²) in [5.41, 5.74) is 1.38. The van der Waals surface area contributed by atoms with Crippen LogP contribution in [0.15, 0.2) is 30.0 Å². The first-order chi connectivity index (χ1) is 11.6. The van der Waals surface area contributed by atoms with E-state index in [1.54, 1.807) is 18.2 Å². The third-order valence-electron chi connectivity index (χ3n) is 3.81. The highest BCUT2D eigenvalue weighted by molar-refractivity contribution is 5.97. The maximum atomic E-state index is 12.1. The van der Waals surface area contributed by atoms with Gasteiger partial charge in [-0.15, -0.1) is 0 Å². The number of hydrogen-bond donors (Lipinski definition) is 4. The molecule has 0 spiro atoms. The lowest BCUT2D eigenvalue weighted by Crippen LogP contribution is -2.46. The van der Waals surface area contributed by atoms with Crippen molar-refractivity contribution in [3.63, 3.8) is 0 Å². The third-order valence-corrected chi connectivity index (χ3v) is 3.81. The van der Waals surface area contributed by atoms with Gasteiger partial charge in [-0.05, 0) is 24.6 Å². The van der Waals surface area contributed by atoms with E-state index in [-0.39, 0.29) is 11.3 Å². The van der Waals surface area contributed by atoms with Crippen molar-refractivity contribution in [3.8, 4) is 11.8 Å². The average Bonchev–Trinajstić information content (AvgIpc) is 2.59. The van der Waals surface area contributed by atoms with Crippen molar-refractivity contribution in [3.05, 3.63) is 35.5 Å². The molecule has 0 radical (unpaired) electrons. The minimum atomic E-state index is -0.424. The van der Waals surface area contributed by atoms with E-state index in [0.717, 1.165) is 38.3 Å². The Labute approximate surface area is 142 Å². The summed E-state index contributed by atoms with van der Waals surface area (Å²) in [7, 11) is 0. The van der Waals surface area contributed by atoms with Crippen LogP contribution < -0.4 is 16.0 Å². The maximum absolute atomic E-state index is 12.1. The number of nitrogens with one attached hydrogen (secondary N) is 3. The summed E-state index contributed by atoms with van der Waals surface area (Å²) >= 11 is 0. The van der Waals surface area contributed by atoms with E-state index < -0.39 is 5.91 Å². The van der Waals surface area contributed by atoms with Crippen LogP contribution in [0, 0.1) is 18.3 Å². The van der Waals surface area contributed by atoms with Crippen molar-refractivity contribution < 1.29 is 9.90 Å². The van der Waals surface area contributed by atoms with Gasteiger partial charge in [-0.2, -0.15) is 5.26 Å². The molecule has 128 valence electrons. The average molecular weight is 329 g/mol. The molecule has 0 aliphatic carbocycles. The molecular weight excluding hydrogens is 306 g/mol. The van der Waals surface area contributed by atoms with Crippen LogP contribution in [0.4, 0.5) is 5.69 Å². The monoisotopic (exact) mass is 329 g/mol. The molecule has 1 aliphatic heterocycles. The molecule has 1 aliphatic rings. The van der Waals surface area contributed by atoms with Crippen LogP contribution in [0.2, 0.25) is 0 Å². The van der Waals surface area contributed by atoms with Gasteiger partial charge in [0.1, 0.15) is 17.4 Å². The Kier molecular flexibility index (Phi) is 6.61. The summed E-state index contributed by atoms with van der Waals surface area (Å²) in [6.07, 6.45) is 1.31. The third kappa shape index (κ3) is 5.26. The molecule has 1 aromatic rings. The number of rotatable bonds is 6. The second kappa shape index (κ2) is 8.91. The molecule has 4 N–H and O–H groups in total. The van der Waals surface area contributed by atoms with Gasteiger partial charge in [-0.25, -0.2) is 0 Å². The molecule has 1 saturated heterocycles. The fraction of sp³-hybridized carbons (Fsp3) is 0.412. The summed E-state index contributed by atoms with van der Waals surface area (Å²) < 4.78 is 0. The Bertz CT molecular complexity index is 645. The van der Waals surface area contributed by atoms with Gasteiger partial charge < -0.3 is 21.1 Å². The number of nitriles is 1. The maximum Gasteiger partial charge on any atom is 0.263 e. The van der Waals surface area contributed by atoms with Crippen LogP contribution in [-0.4, -0.2) is 55.2 Å². The molecule has 1 amide bonds. The zero-order chi connectivity index (χ0) is 17.4. The zero-order valence-electron chi connectivity index (χ0n) is 13.8. The van der Waals surface area contributed by atoms with E-state index in [9.17, 15) is 9.90 Å². The number of benzene rings is 1. The number of hydrogen-bond acceptors (Lipinski definition) is 6. The van der Waals surface area contributed by atoms with Crippen LogP contribution in [0.25, 0.3) is 0 Å². The number of aryl methyl sites for hydroxylation is 1. The molecule has 0 unspecified atom stereocenters. The van der Waals surface area contributed by atoms with Gasteiger partial charge in [0.25, 0.3) is 5.91 Å². The SMILES string of the molecule is Cc1ccc(O)c(N/C=C(/C#N)C(=O)NCCN2CCNCC2)c1. The van der Waals surface area contributed by atoms with Crippen LogP contribution in [0.3, 0.4) is 0 Å². The molecular formula is C17H23N5O2. The summed E-state index contributed by atoms with van der Waals surface area (Å²) in [5, 5.41) is 27.7. The summed E-state index contributed by atoms with van der Waals surface area (Å²) in [4.78, 5) is 14.3. The number of carbonyl (C=O) groups excluding carboxylic acids is 1. The molecule has 0 aromatic heterocycles. The molecule has 0 atom stereocenters. The first kappa shape index (κ1) is 17.8. The zero-order valence-corrected chi connectivity index (χ0v) is 13.8. The lowest BCUT2D eigenvalue weighted by molar-refractivity contribution is -0.117. The van der Waals surface area contributed by atoms with Crippen molar-refractivity contribution in [1.29, 1.82) is 5.26 Å². The fourth-order valence-corrected chi connectivity index (χ4v) is 2.42. The Hall–Kier alpha value is -2.56. The van der Waals surface area contributed by atoms with Gasteiger partial charge in [0.15, 0.2) is 0 Å². The molecule has 7 heteroatoms. The van der Waals surface area contributed by atoms with Crippen LogP contribution in [0.1, 0.15) is 5.56 Å². The lowest BCUT2D eigenvalue weighted by Gasteiger charge is -2.27. The van der Waals surface area contributed by atoms with E-state index >= 15 is 0 Å². The summed E-state index contributed by atoms with van der Waals surface area (Å²) in [6, 6.07) is 6.95. The molecule has 0 bridgehead atoms. The van der Waals surface area contributed by atoms with E-state index in [2.05, 4.69) is 20.9 Å². The van der Waals surface area contributed by atoms with Crippen molar-refractivity contribution in [2.75, 3.05) is 44.6 Å². The number of amides is 1. The lowest BCUT2D eigenvalue weighted by atomic mass is 10.2. The Balaban J connectivity index is 1.86. The molecule has 1 fully saturated rings. The molecule has 2 rings (SSSR count). The van der Waals surface area contributed by atoms with Gasteiger partial charge >= 0.3 is 0 Å². The normalized spacial score (nSPS) is 15.6. The summed E-state index contributed by atoms with van der Waals surface area (Å²) in [5.74, 6) is -0.361. The second-order valence-corrected chi connectivity index (χ2v) is 5.68. The fourth-order valence-electron chi connectivity index (χ4n) is 2.42. The minimum Gasteiger partial charge on any atom is -0.506 e. The van der Waals surface area contributed by atoms with E-state index in [1.165, 1.54) is 6.20 Å². The van der Waals surface area contributed by atoms with Crippen LogP contribution in [0.5, 0.6) is 5.75 Å². The Morgan fingerprint density at radius 2 is 2.21 bits per heavy atom. The second-order valence-electron chi connectivity index (χ2n) is 5.68. The number of nitrogens with zero attached hydrogens (tertiary/aromatic N) is 2. The highest BCUT2D eigenvalue weighted by Crippen LogP contribution is 2.23. The smallest absolute Gasteiger partial charge is 0.263 e. The van der Waals surface area contributed by atoms with Crippen molar-refractivity contribution >= 4 is 11.6 Å². The number of phenolic OH excluding ortho intramolecular Hbond substituents is 1. The molecule has 1 aromatic carbocycles. The Morgan fingerprint density at radius 1 is 1.46 bits per heavy atom. The van der Waals surface area contributed by atoms with Gasteiger partial charge in [0.05, 0.1) is 5.69 Å². The molecule has 24 heavy (non-hydrogen) atoms. The number of aromatic hydroxyl groups is 1. The Morgan fingerprint density at radius 3 is 2.92 bits per heavy atom. The predicted molar refractivity (Wildman–Crippen MR) is 92.5 cm³/mol. The van der Waals surface area contributed by atoms with Gasteiger partial charge in [0.2, 0.25) is 0 Å². The first-order valence-corrected chi connectivity index (χ1v) is 7.98. The van der Waals surface area contributed by atoms with E-state index in [4.69, 9.17) is 5.26 Å². The van der Waals surface area contributed by atoms with Crippen LogP contribution >= 0.6 is 0 Å². The highest BCUT2D eigenvalue weighted by Gasteiger charge is 2.12. The molecule has 0 saturated carbocycles. The van der Waals surface area contributed by atoms with E-state index in [0.29, 0.717) is 12.2 Å². The first-order valence-electron chi connectivity index (χ1n) is 7.98. The number of phenols is 1. The predicted octanol–water partition coefficient (Wildman–Crippen LogP) is 0.541. The number of carbonyl (C=O) groups is 1. The van der Waals surface area contributed by atoms with E-state index in [1.807, 2.05) is 13.0 Å². The van der Waals surface area contributed by atoms with Gasteiger partial charge in [0, 0.05) is 45.5 Å². The van der Waals surface area contributed by atoms with Crippen molar-refractivity contribution in [1.82, 2.24) is 15.5 Å². The number of anilines is 1. The quantitative estimate of drug-likeness (QED) is 0.345. The largest absolute Gasteiger partial charge is 0.506 e. The summed E-state index contributed by atoms with van der Waals surface area (Å²) in [6.45, 7) is 6.99. The van der Waals surface area contributed by atoms with Crippen molar-refractivity contribution in [2.24, 2.45) is 0 Å². The van der Waals surface area contributed by atoms with Gasteiger partial charge in [-0.1, -0.05) is 6.07 Å². The van der Waals surface area contributed by atoms with Crippen LogP contribution in [-0.2, 0) is 4.79 Å². The highest BCUT2D eigenvalue weighted by atomic mass is 16.3. The van der Waals surface area contributed by atoms with Crippen molar-refractivity contribution in [2.45, 2.75) is 6.92 Å². The molecule has 1 heterocycles. The molecule has 7 nitrogen and oxygen atoms in total. The minimum absolute atomic E-state index is 0.0313. The number of piperazine rings is 1. The topological polar surface area (TPSA) is 100 Å². The van der Waals surface area contributed by atoms with Gasteiger partial charge in [-0.3, -0.25) is 9.69 Å². The standard InChI is InChI=1S/C17H23N5O2/c1-13-2-3-16(23)15(10-13)21-12-14(11-18)17(24)20-6-9-22-7-4-19-5-8-22/h2-3,10,12,19,21,23H,4-9H2,1H3,(H,20,24)/b14-12-.